The Labute approximate surface area is 182 Å². The predicted molar refractivity (Wildman–Crippen MR) is 109 cm³/mol. The Morgan fingerprint density at radius 1 is 1.00 bits per heavy atom. The molecule has 0 aromatic heterocycles. The van der Waals surface area contributed by atoms with Crippen molar-refractivity contribution in [3.63, 3.8) is 0 Å². The summed E-state index contributed by atoms with van der Waals surface area (Å²) in [4.78, 5) is 24.3. The van der Waals surface area contributed by atoms with E-state index in [1.807, 2.05) is 48.5 Å². The normalized spacial score (nSPS) is 28.3. The third kappa shape index (κ3) is 3.24. The average molecular weight is 445 g/mol. The standard InChI is InChI=1S/C24H22F3NO4/c25-24(26,27)14-9-22(10-14)12-23(13-22,20(29)30)28-21(31)32-11-19-17-7-3-1-5-15(17)16-6-2-4-8-18(16)19/h1-8,14,19H,9-13H2,(H,28,31)(H,29,30). The number of aliphatic carboxylic acids is 1. The van der Waals surface area contributed by atoms with Crippen LogP contribution in [-0.4, -0.2) is 35.5 Å². The maximum atomic E-state index is 12.8. The van der Waals surface area contributed by atoms with Crippen molar-refractivity contribution in [2.75, 3.05) is 6.61 Å². The van der Waals surface area contributed by atoms with Crippen molar-refractivity contribution in [3.8, 4) is 11.1 Å². The number of carbonyl (C=O) groups is 2. The van der Waals surface area contributed by atoms with E-state index in [9.17, 15) is 27.9 Å². The summed E-state index contributed by atoms with van der Waals surface area (Å²) in [5.74, 6) is -2.79. The summed E-state index contributed by atoms with van der Waals surface area (Å²) in [6.07, 6.45) is -5.31. The van der Waals surface area contributed by atoms with Gasteiger partial charge in [0, 0.05) is 5.92 Å². The molecule has 0 radical (unpaired) electrons. The Bertz CT molecular complexity index is 1040. The van der Waals surface area contributed by atoms with Crippen molar-refractivity contribution in [3.05, 3.63) is 59.7 Å². The molecule has 3 aliphatic carbocycles. The van der Waals surface area contributed by atoms with Crippen molar-refractivity contribution < 1.29 is 32.6 Å². The van der Waals surface area contributed by atoms with E-state index in [1.165, 1.54) is 0 Å². The van der Waals surface area contributed by atoms with Gasteiger partial charge in [0.2, 0.25) is 0 Å². The summed E-state index contributed by atoms with van der Waals surface area (Å²) < 4.78 is 43.9. The van der Waals surface area contributed by atoms with Gasteiger partial charge < -0.3 is 15.2 Å². The lowest BCUT2D eigenvalue weighted by molar-refractivity contribution is -0.244. The number of fused-ring (bicyclic) bond motifs is 3. The van der Waals surface area contributed by atoms with Crippen LogP contribution in [0.4, 0.5) is 18.0 Å². The van der Waals surface area contributed by atoms with Gasteiger partial charge >= 0.3 is 18.2 Å². The molecule has 8 heteroatoms. The zero-order valence-electron chi connectivity index (χ0n) is 17.1. The Morgan fingerprint density at radius 3 is 2.03 bits per heavy atom. The summed E-state index contributed by atoms with van der Waals surface area (Å²) in [6.45, 7) is 0.0385. The van der Waals surface area contributed by atoms with Gasteiger partial charge in [-0.15, -0.1) is 0 Å². The largest absolute Gasteiger partial charge is 0.480 e. The second-order valence-electron chi connectivity index (χ2n) is 9.34. The zero-order chi connectivity index (χ0) is 22.7. The van der Waals surface area contributed by atoms with E-state index in [4.69, 9.17) is 4.74 Å². The molecule has 2 saturated carbocycles. The number of carboxylic acids is 1. The first kappa shape index (κ1) is 20.8. The van der Waals surface area contributed by atoms with Crippen LogP contribution in [0.25, 0.3) is 11.1 Å². The fourth-order valence-corrected chi connectivity index (χ4v) is 5.86. The third-order valence-electron chi connectivity index (χ3n) is 7.27. The Kier molecular flexibility index (Phi) is 4.55. The third-order valence-corrected chi connectivity index (χ3v) is 7.27. The van der Waals surface area contributed by atoms with Crippen LogP contribution < -0.4 is 5.32 Å². The van der Waals surface area contributed by atoms with E-state index >= 15 is 0 Å². The Hall–Kier alpha value is -3.03. The summed E-state index contributed by atoms with van der Waals surface area (Å²) in [6, 6.07) is 15.7. The van der Waals surface area contributed by atoms with E-state index in [2.05, 4.69) is 5.32 Å². The summed E-state index contributed by atoms with van der Waals surface area (Å²) in [5.41, 5.74) is 1.98. The molecule has 3 aliphatic rings. The number of hydrogen-bond donors (Lipinski definition) is 2. The number of amides is 1. The van der Waals surface area contributed by atoms with Crippen LogP contribution in [0.5, 0.6) is 0 Å². The molecule has 2 fully saturated rings. The highest BCUT2D eigenvalue weighted by atomic mass is 19.4. The monoisotopic (exact) mass is 445 g/mol. The highest BCUT2D eigenvalue weighted by Crippen LogP contribution is 2.65. The number of alkyl carbamates (subject to hydrolysis) is 1. The Morgan fingerprint density at radius 2 is 1.53 bits per heavy atom. The molecule has 0 bridgehead atoms. The second-order valence-corrected chi connectivity index (χ2v) is 9.34. The maximum absolute atomic E-state index is 12.8. The first-order valence-corrected chi connectivity index (χ1v) is 10.6. The van der Waals surface area contributed by atoms with Gasteiger partial charge in [0.1, 0.15) is 12.1 Å². The molecule has 2 aromatic carbocycles. The molecule has 0 unspecified atom stereocenters. The lowest BCUT2D eigenvalue weighted by Crippen LogP contribution is -2.70. The topological polar surface area (TPSA) is 75.6 Å². The second kappa shape index (κ2) is 6.98. The van der Waals surface area contributed by atoms with Crippen molar-refractivity contribution in [1.82, 2.24) is 5.32 Å². The van der Waals surface area contributed by atoms with Crippen LogP contribution in [0.3, 0.4) is 0 Å². The maximum Gasteiger partial charge on any atom is 0.408 e. The fourth-order valence-electron chi connectivity index (χ4n) is 5.86. The summed E-state index contributed by atoms with van der Waals surface area (Å²) in [5, 5.41) is 12.1. The minimum absolute atomic E-state index is 0.00783. The quantitative estimate of drug-likeness (QED) is 0.687. The van der Waals surface area contributed by atoms with Crippen LogP contribution in [0.1, 0.15) is 42.7 Å². The van der Waals surface area contributed by atoms with Crippen molar-refractivity contribution >= 4 is 12.1 Å². The van der Waals surface area contributed by atoms with Gasteiger partial charge in [0.05, 0.1) is 5.92 Å². The van der Waals surface area contributed by atoms with Crippen LogP contribution in [-0.2, 0) is 9.53 Å². The molecule has 0 saturated heterocycles. The molecular weight excluding hydrogens is 423 g/mol. The highest BCUT2D eigenvalue weighted by Gasteiger charge is 2.68. The summed E-state index contributed by atoms with van der Waals surface area (Å²) in [7, 11) is 0. The van der Waals surface area contributed by atoms with Crippen LogP contribution >= 0.6 is 0 Å². The van der Waals surface area contributed by atoms with E-state index in [1.54, 1.807) is 0 Å². The number of carbonyl (C=O) groups excluding carboxylic acids is 1. The van der Waals surface area contributed by atoms with E-state index in [0.717, 1.165) is 22.3 Å². The summed E-state index contributed by atoms with van der Waals surface area (Å²) >= 11 is 0. The lowest BCUT2D eigenvalue weighted by atomic mass is 9.45. The van der Waals surface area contributed by atoms with Gasteiger partial charge in [-0.2, -0.15) is 13.2 Å². The molecule has 168 valence electrons. The molecule has 5 rings (SSSR count). The van der Waals surface area contributed by atoms with Crippen LogP contribution in [0.15, 0.2) is 48.5 Å². The van der Waals surface area contributed by atoms with Gasteiger partial charge in [-0.25, -0.2) is 9.59 Å². The highest BCUT2D eigenvalue weighted by molar-refractivity contribution is 5.86. The molecular formula is C24H22F3NO4. The van der Waals surface area contributed by atoms with Crippen molar-refractivity contribution in [2.24, 2.45) is 11.3 Å². The fraction of sp³-hybridized carbons (Fsp3) is 0.417. The van der Waals surface area contributed by atoms with E-state index in [-0.39, 0.29) is 38.2 Å². The van der Waals surface area contributed by atoms with E-state index < -0.39 is 35.1 Å². The molecule has 0 heterocycles. The first-order valence-electron chi connectivity index (χ1n) is 10.6. The number of ether oxygens (including phenoxy) is 1. The van der Waals surface area contributed by atoms with Gasteiger partial charge in [-0.3, -0.25) is 0 Å². The Balaban J connectivity index is 1.23. The molecule has 5 nitrogen and oxygen atoms in total. The number of hydrogen-bond acceptors (Lipinski definition) is 3. The molecule has 0 aliphatic heterocycles. The van der Waals surface area contributed by atoms with Gasteiger partial charge in [-0.1, -0.05) is 48.5 Å². The van der Waals surface area contributed by atoms with Crippen LogP contribution in [0.2, 0.25) is 0 Å². The van der Waals surface area contributed by atoms with Crippen molar-refractivity contribution in [1.29, 1.82) is 0 Å². The molecule has 2 aromatic rings. The van der Waals surface area contributed by atoms with Gasteiger partial charge in [0.15, 0.2) is 0 Å². The molecule has 1 amide bonds. The minimum Gasteiger partial charge on any atom is -0.480 e. The number of alkyl halides is 3. The number of carboxylic acid groups (broad SMARTS) is 1. The van der Waals surface area contributed by atoms with Gasteiger partial charge in [-0.05, 0) is 53.4 Å². The number of rotatable bonds is 4. The predicted octanol–water partition coefficient (Wildman–Crippen LogP) is 5.10. The van der Waals surface area contributed by atoms with Crippen LogP contribution in [0, 0.1) is 11.3 Å². The molecule has 32 heavy (non-hydrogen) atoms. The lowest BCUT2D eigenvalue weighted by Gasteiger charge is -2.61. The number of benzene rings is 2. The first-order chi connectivity index (χ1) is 15.1. The molecule has 0 atom stereocenters. The van der Waals surface area contributed by atoms with Crippen molar-refractivity contribution in [2.45, 2.75) is 43.3 Å². The SMILES string of the molecule is O=C(NC1(C(=O)O)CC2(CC(C(F)(F)F)C2)C1)OCC1c2ccccc2-c2ccccc21. The molecule has 2 N–H and O–H groups in total. The zero-order valence-corrected chi connectivity index (χ0v) is 17.1. The number of halogens is 3. The molecule has 1 spiro atoms. The van der Waals surface area contributed by atoms with Gasteiger partial charge in [0.25, 0.3) is 0 Å². The smallest absolute Gasteiger partial charge is 0.408 e. The minimum atomic E-state index is -4.26. The number of nitrogens with one attached hydrogen (secondary N) is 1. The average Bonchev–Trinajstić information content (AvgIpc) is 3.00. The van der Waals surface area contributed by atoms with E-state index in [0.29, 0.717) is 0 Å².